The zero-order chi connectivity index (χ0) is 12.3. The second kappa shape index (κ2) is 6.05. The number of hydrogen-bond donors (Lipinski definition) is 1. The van der Waals surface area contributed by atoms with E-state index < -0.39 is 0 Å². The number of nitrogens with one attached hydrogen (secondary N) is 1. The van der Waals surface area contributed by atoms with E-state index in [4.69, 9.17) is 28.0 Å². The van der Waals surface area contributed by atoms with Crippen LogP contribution in [0, 0.1) is 0 Å². The van der Waals surface area contributed by atoms with Gasteiger partial charge in [0, 0.05) is 0 Å². The lowest BCUT2D eigenvalue weighted by atomic mass is 10.1. The van der Waals surface area contributed by atoms with E-state index in [-0.39, 0.29) is 6.04 Å². The molecule has 1 aromatic rings. The fourth-order valence-corrected chi connectivity index (χ4v) is 2.59. The fraction of sp³-hybridized carbons (Fsp3) is 0.538. The first-order valence-electron chi connectivity index (χ1n) is 6.03. The van der Waals surface area contributed by atoms with Gasteiger partial charge in [0.2, 0.25) is 0 Å². The highest BCUT2D eigenvalue weighted by Gasteiger charge is 2.18. The minimum Gasteiger partial charge on any atom is -0.298 e. The molecule has 0 aliphatic heterocycles. The molecule has 1 atom stereocenters. The molecular formula is C13H17Cl2NO. The molecule has 94 valence electrons. The van der Waals surface area contributed by atoms with E-state index in [2.05, 4.69) is 5.48 Å². The lowest BCUT2D eigenvalue weighted by molar-refractivity contribution is -0.0376. The van der Waals surface area contributed by atoms with Crippen LogP contribution in [0.4, 0.5) is 0 Å². The van der Waals surface area contributed by atoms with Gasteiger partial charge >= 0.3 is 0 Å². The predicted octanol–water partition coefficient (Wildman–Crippen LogP) is 4.52. The van der Waals surface area contributed by atoms with Crippen LogP contribution >= 0.6 is 23.2 Å². The molecule has 17 heavy (non-hydrogen) atoms. The lowest BCUT2D eigenvalue weighted by Crippen LogP contribution is -2.25. The molecular weight excluding hydrogens is 257 g/mol. The Morgan fingerprint density at radius 3 is 2.71 bits per heavy atom. The van der Waals surface area contributed by atoms with Gasteiger partial charge in [0.1, 0.15) is 0 Å². The van der Waals surface area contributed by atoms with Crippen molar-refractivity contribution in [3.63, 3.8) is 0 Å². The summed E-state index contributed by atoms with van der Waals surface area (Å²) in [5.74, 6) is 0. The molecule has 0 bridgehead atoms. The zero-order valence-electron chi connectivity index (χ0n) is 9.88. The van der Waals surface area contributed by atoms with E-state index in [1.165, 1.54) is 12.8 Å². The Kier molecular flexibility index (Phi) is 4.69. The van der Waals surface area contributed by atoms with Crippen molar-refractivity contribution in [3.8, 4) is 0 Å². The van der Waals surface area contributed by atoms with Gasteiger partial charge in [-0.3, -0.25) is 4.84 Å². The third kappa shape index (κ3) is 3.35. The van der Waals surface area contributed by atoms with Gasteiger partial charge in [-0.25, -0.2) is 0 Å². The first-order valence-corrected chi connectivity index (χ1v) is 6.79. The summed E-state index contributed by atoms with van der Waals surface area (Å²) < 4.78 is 0. The van der Waals surface area contributed by atoms with Crippen molar-refractivity contribution in [1.82, 2.24) is 5.48 Å². The summed E-state index contributed by atoms with van der Waals surface area (Å²) in [7, 11) is 0. The van der Waals surface area contributed by atoms with Crippen LogP contribution in [0.1, 0.15) is 44.2 Å². The maximum atomic E-state index is 6.16. The molecule has 1 N–H and O–H groups in total. The van der Waals surface area contributed by atoms with Crippen LogP contribution in [0.2, 0.25) is 10.0 Å². The van der Waals surface area contributed by atoms with E-state index in [9.17, 15) is 0 Å². The van der Waals surface area contributed by atoms with Gasteiger partial charge in [-0.15, -0.1) is 0 Å². The van der Waals surface area contributed by atoms with Gasteiger partial charge < -0.3 is 0 Å². The molecule has 1 fully saturated rings. The minimum atomic E-state index is 0.0433. The van der Waals surface area contributed by atoms with Gasteiger partial charge in [0.15, 0.2) is 0 Å². The number of benzene rings is 1. The number of hydroxylamine groups is 1. The highest BCUT2D eigenvalue weighted by atomic mass is 35.5. The SMILES string of the molecule is CC(NOC1CCCC1)c1cccc(Cl)c1Cl. The van der Waals surface area contributed by atoms with Gasteiger partial charge in [-0.05, 0) is 31.4 Å². The second-order valence-corrected chi connectivity index (χ2v) is 5.29. The molecule has 0 radical (unpaired) electrons. The van der Waals surface area contributed by atoms with Crippen molar-refractivity contribution in [2.75, 3.05) is 0 Å². The summed E-state index contributed by atoms with van der Waals surface area (Å²) >= 11 is 12.1. The van der Waals surface area contributed by atoms with Crippen molar-refractivity contribution in [3.05, 3.63) is 33.8 Å². The highest BCUT2D eigenvalue weighted by Crippen LogP contribution is 2.30. The van der Waals surface area contributed by atoms with Crippen LogP contribution < -0.4 is 5.48 Å². The maximum Gasteiger partial charge on any atom is 0.0790 e. The Labute approximate surface area is 112 Å². The van der Waals surface area contributed by atoms with E-state index in [1.54, 1.807) is 6.07 Å². The molecule has 1 aromatic carbocycles. The predicted molar refractivity (Wildman–Crippen MR) is 71.4 cm³/mol. The third-order valence-corrected chi connectivity index (χ3v) is 4.00. The fourth-order valence-electron chi connectivity index (χ4n) is 2.12. The summed E-state index contributed by atoms with van der Waals surface area (Å²) in [6.45, 7) is 2.02. The molecule has 1 aliphatic carbocycles. The van der Waals surface area contributed by atoms with E-state index in [0.29, 0.717) is 16.1 Å². The first kappa shape index (κ1) is 13.2. The average molecular weight is 274 g/mol. The summed E-state index contributed by atoms with van der Waals surface area (Å²) in [5, 5.41) is 1.18. The zero-order valence-corrected chi connectivity index (χ0v) is 11.4. The van der Waals surface area contributed by atoms with Crippen LogP contribution in [-0.4, -0.2) is 6.10 Å². The van der Waals surface area contributed by atoms with Gasteiger partial charge in [0.25, 0.3) is 0 Å². The smallest absolute Gasteiger partial charge is 0.0790 e. The topological polar surface area (TPSA) is 21.3 Å². The largest absolute Gasteiger partial charge is 0.298 e. The van der Waals surface area contributed by atoms with Crippen LogP contribution in [0.25, 0.3) is 0 Å². The van der Waals surface area contributed by atoms with Crippen LogP contribution in [0.3, 0.4) is 0 Å². The monoisotopic (exact) mass is 273 g/mol. The molecule has 1 aliphatic rings. The Bertz CT molecular complexity index is 378. The minimum absolute atomic E-state index is 0.0433. The molecule has 0 heterocycles. The summed E-state index contributed by atoms with van der Waals surface area (Å²) in [6, 6.07) is 5.70. The van der Waals surface area contributed by atoms with Crippen LogP contribution in [0.5, 0.6) is 0 Å². The van der Waals surface area contributed by atoms with Crippen molar-refractivity contribution in [1.29, 1.82) is 0 Å². The molecule has 2 nitrogen and oxygen atoms in total. The lowest BCUT2D eigenvalue weighted by Gasteiger charge is -2.19. The quantitative estimate of drug-likeness (QED) is 0.815. The Morgan fingerprint density at radius 1 is 1.29 bits per heavy atom. The normalized spacial score (nSPS) is 18.5. The average Bonchev–Trinajstić information content (AvgIpc) is 2.82. The molecule has 0 spiro atoms. The van der Waals surface area contributed by atoms with Crippen molar-refractivity contribution >= 4 is 23.2 Å². The van der Waals surface area contributed by atoms with Crippen molar-refractivity contribution in [2.45, 2.75) is 44.8 Å². The standard InChI is InChI=1S/C13H17Cl2NO/c1-9(16-17-10-5-2-3-6-10)11-7-4-8-12(14)13(11)15/h4,7-10,16H,2-3,5-6H2,1H3. The van der Waals surface area contributed by atoms with E-state index >= 15 is 0 Å². The van der Waals surface area contributed by atoms with E-state index in [1.807, 2.05) is 19.1 Å². The summed E-state index contributed by atoms with van der Waals surface area (Å²) in [5.41, 5.74) is 4.04. The molecule has 1 unspecified atom stereocenters. The maximum absolute atomic E-state index is 6.16. The first-order chi connectivity index (χ1) is 8.18. The molecule has 2 rings (SSSR count). The Morgan fingerprint density at radius 2 is 2.00 bits per heavy atom. The Balaban J connectivity index is 1.94. The highest BCUT2D eigenvalue weighted by molar-refractivity contribution is 6.42. The summed E-state index contributed by atoms with van der Waals surface area (Å²) in [4.78, 5) is 5.66. The second-order valence-electron chi connectivity index (χ2n) is 4.51. The van der Waals surface area contributed by atoms with Gasteiger partial charge in [0.05, 0.1) is 22.2 Å². The van der Waals surface area contributed by atoms with Crippen molar-refractivity contribution < 1.29 is 4.84 Å². The van der Waals surface area contributed by atoms with Crippen molar-refractivity contribution in [2.24, 2.45) is 0 Å². The number of rotatable bonds is 4. The molecule has 0 saturated heterocycles. The van der Waals surface area contributed by atoms with Gasteiger partial charge in [-0.1, -0.05) is 48.2 Å². The molecule has 1 saturated carbocycles. The molecule has 4 heteroatoms. The third-order valence-electron chi connectivity index (χ3n) is 3.16. The molecule has 0 aromatic heterocycles. The Hall–Kier alpha value is -0.280. The van der Waals surface area contributed by atoms with E-state index in [0.717, 1.165) is 18.4 Å². The van der Waals surface area contributed by atoms with Crippen LogP contribution in [-0.2, 0) is 4.84 Å². The summed E-state index contributed by atoms with van der Waals surface area (Å²) in [6.07, 6.45) is 5.15. The number of hydrogen-bond acceptors (Lipinski definition) is 2. The molecule has 0 amide bonds. The number of halogens is 2. The van der Waals surface area contributed by atoms with Gasteiger partial charge in [-0.2, -0.15) is 5.48 Å². The van der Waals surface area contributed by atoms with Crippen LogP contribution in [0.15, 0.2) is 18.2 Å².